The van der Waals surface area contributed by atoms with Gasteiger partial charge in [0.15, 0.2) is 0 Å². The van der Waals surface area contributed by atoms with Crippen molar-refractivity contribution in [3.8, 4) is 0 Å². The van der Waals surface area contributed by atoms with E-state index in [9.17, 15) is 4.79 Å². The van der Waals surface area contributed by atoms with E-state index in [0.29, 0.717) is 6.54 Å². The van der Waals surface area contributed by atoms with Crippen molar-refractivity contribution in [2.45, 2.75) is 34.6 Å². The van der Waals surface area contributed by atoms with Crippen molar-refractivity contribution in [3.05, 3.63) is 41.1 Å². The lowest BCUT2D eigenvalue weighted by Crippen LogP contribution is -2.13. The minimum Gasteiger partial charge on any atom is -0.388 e. The van der Waals surface area contributed by atoms with Gasteiger partial charge < -0.3 is 15.4 Å². The molecule has 0 heterocycles. The van der Waals surface area contributed by atoms with Gasteiger partial charge in [-0.3, -0.25) is 4.99 Å². The molecule has 22 heavy (non-hydrogen) atoms. The molecule has 124 valence electrons. The number of hydrogen-bond donors (Lipinski definition) is 2. The maximum Gasteiger partial charge on any atom is 0.139 e. The molecule has 0 fully saturated rings. The van der Waals surface area contributed by atoms with Gasteiger partial charge in [0.25, 0.3) is 0 Å². The smallest absolute Gasteiger partial charge is 0.139 e. The third-order valence-electron chi connectivity index (χ3n) is 2.67. The number of nitrogens with zero attached hydrogens (tertiary/aromatic N) is 1. The molecular weight excluding hydrogens is 274 g/mol. The van der Waals surface area contributed by atoms with Gasteiger partial charge >= 0.3 is 0 Å². The van der Waals surface area contributed by atoms with Crippen LogP contribution in [0.1, 0.15) is 31.9 Å². The Morgan fingerprint density at radius 2 is 1.77 bits per heavy atom. The molecule has 0 aromatic heterocycles. The maximum atomic E-state index is 9.86. The number of allylic oxidation sites excluding steroid dienone is 2. The molecule has 1 aromatic rings. The van der Waals surface area contributed by atoms with Gasteiger partial charge in [-0.25, -0.2) is 0 Å². The fourth-order valence-corrected chi connectivity index (χ4v) is 1.66. The third-order valence-corrected chi connectivity index (χ3v) is 2.67. The Kier molecular flexibility index (Phi) is 15.4. The molecule has 1 rings (SSSR count). The lowest BCUT2D eigenvalue weighted by atomic mass is 10.1. The summed E-state index contributed by atoms with van der Waals surface area (Å²) in [7, 11) is 3.65. The van der Waals surface area contributed by atoms with Crippen molar-refractivity contribution in [2.24, 2.45) is 4.99 Å². The summed E-state index contributed by atoms with van der Waals surface area (Å²) >= 11 is 0. The zero-order valence-electron chi connectivity index (χ0n) is 15.0. The summed E-state index contributed by atoms with van der Waals surface area (Å²) in [5.74, 6) is 0. The van der Waals surface area contributed by atoms with Crippen molar-refractivity contribution in [2.75, 3.05) is 26.0 Å². The lowest BCUT2D eigenvalue weighted by Gasteiger charge is -2.07. The molecule has 0 amide bonds. The van der Waals surface area contributed by atoms with Crippen LogP contribution in [0.2, 0.25) is 0 Å². The fraction of sp³-hybridized carbons (Fsp3) is 0.444. The molecule has 0 unspecified atom stereocenters. The number of nitrogens with one attached hydrogen (secondary N) is 2. The maximum absolute atomic E-state index is 9.86. The highest BCUT2D eigenvalue weighted by Crippen LogP contribution is 2.17. The molecule has 0 bridgehead atoms. The lowest BCUT2D eigenvalue weighted by molar-refractivity contribution is -0.107. The number of aryl methyl sites for hydroxylation is 2. The Balaban J connectivity index is 0. The van der Waals surface area contributed by atoms with Crippen LogP contribution in [0.25, 0.3) is 0 Å². The van der Waals surface area contributed by atoms with Crippen LogP contribution in [0.4, 0.5) is 5.69 Å². The molecule has 0 radical (unpaired) electrons. The van der Waals surface area contributed by atoms with E-state index in [0.717, 1.165) is 12.0 Å². The standard InChI is InChI=1S/C9H13N.C7H12N2O.C2H6/c1-7-5-4-6-8(2)9(7)10-3;1-7(3-4-8-2)9-5-6-10;1-2/h4-6,10H,1-3H3;3-4,6,9H,5H2,1-2H3;1-2H3/b;7-3-,8-4?;. The van der Waals surface area contributed by atoms with Crippen LogP contribution in [-0.4, -0.2) is 33.1 Å². The number of benzene rings is 1. The summed E-state index contributed by atoms with van der Waals surface area (Å²) in [5.41, 5.74) is 4.81. The van der Waals surface area contributed by atoms with Crippen molar-refractivity contribution in [1.29, 1.82) is 0 Å². The fourth-order valence-electron chi connectivity index (χ4n) is 1.66. The molecular formula is C18H31N3O. The molecule has 0 atom stereocenters. The molecule has 0 aliphatic heterocycles. The highest BCUT2D eigenvalue weighted by molar-refractivity contribution is 5.71. The molecule has 0 spiro atoms. The van der Waals surface area contributed by atoms with Gasteiger partial charge in [-0.15, -0.1) is 0 Å². The van der Waals surface area contributed by atoms with E-state index in [-0.39, 0.29) is 0 Å². The topological polar surface area (TPSA) is 53.5 Å². The van der Waals surface area contributed by atoms with Gasteiger partial charge in [0, 0.05) is 31.7 Å². The Morgan fingerprint density at radius 1 is 1.23 bits per heavy atom. The monoisotopic (exact) mass is 305 g/mol. The summed E-state index contributed by atoms with van der Waals surface area (Å²) < 4.78 is 0. The van der Waals surface area contributed by atoms with Gasteiger partial charge in [-0.05, 0) is 38.0 Å². The highest BCUT2D eigenvalue weighted by atomic mass is 16.1. The molecule has 4 nitrogen and oxygen atoms in total. The van der Waals surface area contributed by atoms with Crippen LogP contribution in [0, 0.1) is 13.8 Å². The zero-order chi connectivity index (χ0) is 17.4. The van der Waals surface area contributed by atoms with E-state index in [1.165, 1.54) is 16.8 Å². The summed E-state index contributed by atoms with van der Waals surface area (Å²) in [5, 5.41) is 6.03. The normalized spacial score (nSPS) is 10.0. The number of carbonyl (C=O) groups excluding carboxylic acids is 1. The van der Waals surface area contributed by atoms with Crippen molar-refractivity contribution in [1.82, 2.24) is 5.32 Å². The second-order valence-electron chi connectivity index (χ2n) is 4.32. The largest absolute Gasteiger partial charge is 0.388 e. The summed E-state index contributed by atoms with van der Waals surface area (Å²) in [6.45, 7) is 10.5. The SMILES string of the molecule is CC.CN=C/C=C(/C)NCC=O.CNc1c(C)cccc1C. The molecule has 2 N–H and O–H groups in total. The highest BCUT2D eigenvalue weighted by Gasteiger charge is 1.96. The first-order chi connectivity index (χ1) is 10.6. The van der Waals surface area contributed by atoms with Crippen LogP contribution in [0.3, 0.4) is 0 Å². The number of carbonyl (C=O) groups is 1. The zero-order valence-corrected chi connectivity index (χ0v) is 15.0. The minimum absolute atomic E-state index is 0.361. The number of para-hydroxylation sites is 1. The van der Waals surface area contributed by atoms with Crippen LogP contribution >= 0.6 is 0 Å². The van der Waals surface area contributed by atoms with E-state index in [2.05, 4.69) is 47.7 Å². The second kappa shape index (κ2) is 15.3. The molecule has 4 heteroatoms. The molecule has 0 saturated heterocycles. The van der Waals surface area contributed by atoms with Gasteiger partial charge in [0.2, 0.25) is 0 Å². The molecule has 0 aliphatic carbocycles. The van der Waals surface area contributed by atoms with Crippen molar-refractivity contribution in [3.63, 3.8) is 0 Å². The van der Waals surface area contributed by atoms with Crippen LogP contribution in [0.15, 0.2) is 35.0 Å². The van der Waals surface area contributed by atoms with E-state index in [1.54, 1.807) is 13.3 Å². The number of aliphatic imine (C=N–C) groups is 1. The Bertz CT molecular complexity index is 445. The molecule has 0 saturated carbocycles. The van der Waals surface area contributed by atoms with Gasteiger partial charge in [0.05, 0.1) is 6.54 Å². The Labute approximate surface area is 135 Å². The van der Waals surface area contributed by atoms with E-state index in [4.69, 9.17) is 0 Å². The van der Waals surface area contributed by atoms with E-state index >= 15 is 0 Å². The van der Waals surface area contributed by atoms with Crippen LogP contribution < -0.4 is 10.6 Å². The summed E-state index contributed by atoms with van der Waals surface area (Å²) in [6, 6.07) is 6.29. The van der Waals surface area contributed by atoms with E-state index < -0.39 is 0 Å². The van der Waals surface area contributed by atoms with Crippen LogP contribution in [-0.2, 0) is 4.79 Å². The second-order valence-corrected chi connectivity index (χ2v) is 4.32. The first-order valence-electron chi connectivity index (χ1n) is 7.57. The van der Waals surface area contributed by atoms with Gasteiger partial charge in [-0.1, -0.05) is 32.0 Å². The van der Waals surface area contributed by atoms with Crippen molar-refractivity contribution >= 4 is 18.2 Å². The summed E-state index contributed by atoms with van der Waals surface area (Å²) in [4.78, 5) is 13.6. The average Bonchev–Trinajstić information content (AvgIpc) is 2.53. The number of hydrogen-bond acceptors (Lipinski definition) is 4. The minimum atomic E-state index is 0.361. The van der Waals surface area contributed by atoms with Crippen molar-refractivity contribution < 1.29 is 4.79 Å². The Morgan fingerprint density at radius 3 is 2.14 bits per heavy atom. The summed E-state index contributed by atoms with van der Waals surface area (Å²) in [6.07, 6.45) is 4.30. The quantitative estimate of drug-likeness (QED) is 0.643. The van der Waals surface area contributed by atoms with E-state index in [1.807, 2.05) is 33.9 Å². The number of rotatable bonds is 5. The number of aldehydes is 1. The predicted octanol–water partition coefficient (Wildman–Crippen LogP) is 3.75. The first-order valence-corrected chi connectivity index (χ1v) is 7.57. The average molecular weight is 305 g/mol. The van der Waals surface area contributed by atoms with Gasteiger partial charge in [-0.2, -0.15) is 0 Å². The van der Waals surface area contributed by atoms with Gasteiger partial charge in [0.1, 0.15) is 6.29 Å². The van der Waals surface area contributed by atoms with Crippen LogP contribution in [0.5, 0.6) is 0 Å². The Hall–Kier alpha value is -2.10. The third kappa shape index (κ3) is 10.7. The molecule has 1 aromatic carbocycles. The number of anilines is 1. The first kappa shape index (κ1) is 22.2. The molecule has 0 aliphatic rings. The predicted molar refractivity (Wildman–Crippen MR) is 99.1 cm³/mol.